The van der Waals surface area contributed by atoms with Gasteiger partial charge in [0.25, 0.3) is 0 Å². The summed E-state index contributed by atoms with van der Waals surface area (Å²) < 4.78 is 0. The van der Waals surface area contributed by atoms with Gasteiger partial charge in [-0.2, -0.15) is 15.4 Å². The highest BCUT2D eigenvalue weighted by Gasteiger charge is 2.12. The molecule has 2 N–H and O–H groups in total. The Balaban J connectivity index is 1.72. The number of nitrogens with zero attached hydrogens (tertiary/aromatic N) is 2. The molecule has 2 heterocycles. The lowest BCUT2D eigenvalue weighted by Gasteiger charge is -2.11. The normalized spacial score (nSPS) is 12.4. The SMILES string of the molecule is CC(NCc1n[nH]nc1-c1ccccc1)c1cccs1. The van der Waals surface area contributed by atoms with Crippen molar-refractivity contribution in [2.75, 3.05) is 0 Å². The van der Waals surface area contributed by atoms with Crippen LogP contribution in [0.1, 0.15) is 23.5 Å². The fraction of sp³-hybridized carbons (Fsp3) is 0.200. The van der Waals surface area contributed by atoms with Crippen LogP contribution in [0.15, 0.2) is 47.8 Å². The van der Waals surface area contributed by atoms with E-state index in [0.717, 1.165) is 17.0 Å². The van der Waals surface area contributed by atoms with Gasteiger partial charge in [0.1, 0.15) is 11.4 Å². The van der Waals surface area contributed by atoms with E-state index >= 15 is 0 Å². The lowest BCUT2D eigenvalue weighted by molar-refractivity contribution is 0.575. The summed E-state index contributed by atoms with van der Waals surface area (Å²) >= 11 is 1.76. The van der Waals surface area contributed by atoms with Crippen molar-refractivity contribution >= 4 is 11.3 Å². The number of aromatic nitrogens is 3. The number of rotatable bonds is 5. The molecule has 1 atom stereocenters. The predicted octanol–water partition coefficient (Wildman–Crippen LogP) is 3.38. The van der Waals surface area contributed by atoms with Crippen LogP contribution in [0.5, 0.6) is 0 Å². The first kappa shape index (κ1) is 13.0. The molecular formula is C15H16N4S. The minimum atomic E-state index is 0.315. The number of thiophene rings is 1. The Hall–Kier alpha value is -1.98. The summed E-state index contributed by atoms with van der Waals surface area (Å²) in [5, 5.41) is 16.8. The fourth-order valence-electron chi connectivity index (χ4n) is 2.09. The second-order valence-corrected chi connectivity index (χ2v) is 5.58. The van der Waals surface area contributed by atoms with Crippen molar-refractivity contribution in [2.45, 2.75) is 19.5 Å². The smallest absolute Gasteiger partial charge is 0.117 e. The number of nitrogens with one attached hydrogen (secondary N) is 2. The second-order valence-electron chi connectivity index (χ2n) is 4.60. The number of hydrogen-bond donors (Lipinski definition) is 2. The molecule has 0 aliphatic heterocycles. The van der Waals surface area contributed by atoms with E-state index in [2.05, 4.69) is 45.2 Å². The largest absolute Gasteiger partial charge is 0.304 e. The van der Waals surface area contributed by atoms with Crippen molar-refractivity contribution in [3.05, 3.63) is 58.4 Å². The van der Waals surface area contributed by atoms with Crippen LogP contribution in [-0.2, 0) is 6.54 Å². The first-order valence-electron chi connectivity index (χ1n) is 6.56. The van der Waals surface area contributed by atoms with Gasteiger partial charge in [-0.3, -0.25) is 0 Å². The number of H-pyrrole nitrogens is 1. The van der Waals surface area contributed by atoms with Crippen molar-refractivity contribution in [1.82, 2.24) is 20.7 Å². The average molecular weight is 284 g/mol. The Morgan fingerprint density at radius 1 is 1.15 bits per heavy atom. The average Bonchev–Trinajstić information content (AvgIpc) is 3.17. The molecule has 102 valence electrons. The van der Waals surface area contributed by atoms with Gasteiger partial charge in [0.15, 0.2) is 0 Å². The molecular weight excluding hydrogens is 268 g/mol. The monoisotopic (exact) mass is 284 g/mol. The topological polar surface area (TPSA) is 53.6 Å². The van der Waals surface area contributed by atoms with Crippen molar-refractivity contribution in [3.8, 4) is 11.3 Å². The van der Waals surface area contributed by atoms with Crippen LogP contribution in [-0.4, -0.2) is 15.4 Å². The lowest BCUT2D eigenvalue weighted by Crippen LogP contribution is -2.17. The first-order valence-corrected chi connectivity index (χ1v) is 7.44. The van der Waals surface area contributed by atoms with Crippen molar-refractivity contribution in [2.24, 2.45) is 0 Å². The molecule has 1 unspecified atom stereocenters. The van der Waals surface area contributed by atoms with Crippen LogP contribution in [0.25, 0.3) is 11.3 Å². The van der Waals surface area contributed by atoms with Crippen molar-refractivity contribution in [1.29, 1.82) is 0 Å². The van der Waals surface area contributed by atoms with Crippen LogP contribution in [0, 0.1) is 0 Å². The number of hydrogen-bond acceptors (Lipinski definition) is 4. The van der Waals surface area contributed by atoms with E-state index < -0.39 is 0 Å². The molecule has 0 fully saturated rings. The molecule has 20 heavy (non-hydrogen) atoms. The third-order valence-electron chi connectivity index (χ3n) is 3.21. The zero-order valence-electron chi connectivity index (χ0n) is 11.2. The maximum Gasteiger partial charge on any atom is 0.117 e. The Kier molecular flexibility index (Phi) is 3.90. The summed E-state index contributed by atoms with van der Waals surface area (Å²) in [6.07, 6.45) is 0. The van der Waals surface area contributed by atoms with E-state index in [-0.39, 0.29) is 0 Å². The molecule has 5 heteroatoms. The summed E-state index contributed by atoms with van der Waals surface area (Å²) in [5.74, 6) is 0. The maximum absolute atomic E-state index is 4.25. The second kappa shape index (κ2) is 5.98. The van der Waals surface area contributed by atoms with Crippen molar-refractivity contribution in [3.63, 3.8) is 0 Å². The van der Waals surface area contributed by atoms with Crippen molar-refractivity contribution < 1.29 is 0 Å². The molecule has 0 radical (unpaired) electrons. The van der Waals surface area contributed by atoms with Gasteiger partial charge in [0, 0.05) is 23.0 Å². The molecule has 0 spiro atoms. The van der Waals surface area contributed by atoms with Gasteiger partial charge >= 0.3 is 0 Å². The zero-order chi connectivity index (χ0) is 13.8. The van der Waals surface area contributed by atoms with Crippen LogP contribution in [0.4, 0.5) is 0 Å². The minimum Gasteiger partial charge on any atom is -0.304 e. The van der Waals surface area contributed by atoms with Gasteiger partial charge < -0.3 is 5.32 Å². The zero-order valence-corrected chi connectivity index (χ0v) is 12.0. The van der Waals surface area contributed by atoms with E-state index in [1.54, 1.807) is 11.3 Å². The van der Waals surface area contributed by atoms with Crippen LogP contribution >= 0.6 is 11.3 Å². The Bertz CT molecular complexity index is 646. The van der Waals surface area contributed by atoms with Gasteiger partial charge in [-0.15, -0.1) is 11.3 Å². The van der Waals surface area contributed by atoms with Crippen LogP contribution in [0.3, 0.4) is 0 Å². The van der Waals surface area contributed by atoms with E-state index in [0.29, 0.717) is 12.6 Å². The third kappa shape index (κ3) is 2.79. The molecule has 3 rings (SSSR count). The third-order valence-corrected chi connectivity index (χ3v) is 4.27. The van der Waals surface area contributed by atoms with E-state index in [1.165, 1.54) is 4.88 Å². The summed E-state index contributed by atoms with van der Waals surface area (Å²) in [5.41, 5.74) is 2.94. The molecule has 0 aliphatic rings. The molecule has 0 saturated heterocycles. The van der Waals surface area contributed by atoms with Gasteiger partial charge in [-0.25, -0.2) is 0 Å². The van der Waals surface area contributed by atoms with Gasteiger partial charge in [0.05, 0.1) is 0 Å². The standard InChI is InChI=1S/C15H16N4S/c1-11(14-8-5-9-20-14)16-10-13-15(18-19-17-13)12-6-3-2-4-7-12/h2-9,11,16H,10H2,1H3,(H,17,18,19). The molecule has 1 aromatic carbocycles. The quantitative estimate of drug-likeness (QED) is 0.755. The first-order chi connectivity index (χ1) is 9.84. The lowest BCUT2D eigenvalue weighted by atomic mass is 10.1. The maximum atomic E-state index is 4.25. The molecule has 0 saturated carbocycles. The van der Waals surface area contributed by atoms with E-state index in [1.807, 2.05) is 30.3 Å². The summed E-state index contributed by atoms with van der Waals surface area (Å²) in [7, 11) is 0. The molecule has 0 aliphatic carbocycles. The molecule has 3 aromatic rings. The highest BCUT2D eigenvalue weighted by atomic mass is 32.1. The minimum absolute atomic E-state index is 0.315. The molecule has 2 aromatic heterocycles. The number of aromatic amines is 1. The number of benzene rings is 1. The summed E-state index contributed by atoms with van der Waals surface area (Å²) in [4.78, 5) is 1.33. The fourth-order valence-corrected chi connectivity index (χ4v) is 2.85. The van der Waals surface area contributed by atoms with Gasteiger partial charge in [0.2, 0.25) is 0 Å². The summed E-state index contributed by atoms with van der Waals surface area (Å²) in [6.45, 7) is 2.86. The Morgan fingerprint density at radius 2 is 2.00 bits per heavy atom. The van der Waals surface area contributed by atoms with Gasteiger partial charge in [-0.05, 0) is 18.4 Å². The highest BCUT2D eigenvalue weighted by Crippen LogP contribution is 2.21. The Morgan fingerprint density at radius 3 is 2.75 bits per heavy atom. The Labute approximate surface area is 121 Å². The summed E-state index contributed by atoms with van der Waals surface area (Å²) in [6, 6.07) is 14.6. The molecule has 0 bridgehead atoms. The van der Waals surface area contributed by atoms with E-state index in [4.69, 9.17) is 0 Å². The molecule has 0 amide bonds. The van der Waals surface area contributed by atoms with E-state index in [9.17, 15) is 0 Å². The highest BCUT2D eigenvalue weighted by molar-refractivity contribution is 7.10. The molecule has 4 nitrogen and oxygen atoms in total. The van der Waals surface area contributed by atoms with Crippen LogP contribution < -0.4 is 5.32 Å². The van der Waals surface area contributed by atoms with Gasteiger partial charge in [-0.1, -0.05) is 36.4 Å². The predicted molar refractivity (Wildman–Crippen MR) is 81.4 cm³/mol. The van der Waals surface area contributed by atoms with Crippen LogP contribution in [0.2, 0.25) is 0 Å².